The molecule has 128 valence electrons. The zero-order valence-corrected chi connectivity index (χ0v) is 15.0. The van der Waals surface area contributed by atoms with Gasteiger partial charge in [0.15, 0.2) is 0 Å². The smallest absolute Gasteiger partial charge is 0.243 e. The van der Waals surface area contributed by atoms with E-state index in [9.17, 15) is 4.79 Å². The van der Waals surface area contributed by atoms with Crippen LogP contribution in [-0.2, 0) is 11.3 Å². The monoisotopic (exact) mass is 354 g/mol. The third-order valence-corrected chi connectivity index (χ3v) is 4.62. The van der Waals surface area contributed by atoms with Crippen molar-refractivity contribution in [3.8, 4) is 11.3 Å². The maximum absolute atomic E-state index is 11.4. The van der Waals surface area contributed by atoms with E-state index in [2.05, 4.69) is 30.8 Å². The Bertz CT molecular complexity index is 888. The number of amides is 1. The molecule has 0 atom stereocenters. The Morgan fingerprint density at radius 3 is 2.72 bits per heavy atom. The number of hydrogen-bond acceptors (Lipinski definition) is 7. The van der Waals surface area contributed by atoms with Crippen molar-refractivity contribution < 1.29 is 4.79 Å². The lowest BCUT2D eigenvalue weighted by atomic mass is 10.1. The highest BCUT2D eigenvalue weighted by atomic mass is 32.1. The number of benzene rings is 1. The Kier molecular flexibility index (Phi) is 4.99. The summed E-state index contributed by atoms with van der Waals surface area (Å²) in [5, 5.41) is 15.0. The summed E-state index contributed by atoms with van der Waals surface area (Å²) in [5.74, 6) is 0.281. The second-order valence-corrected chi connectivity index (χ2v) is 6.78. The van der Waals surface area contributed by atoms with E-state index in [1.54, 1.807) is 17.5 Å². The van der Waals surface area contributed by atoms with Crippen LogP contribution in [0.3, 0.4) is 0 Å². The largest absolute Gasteiger partial charge is 0.346 e. The molecule has 0 radical (unpaired) electrons. The Balaban J connectivity index is 1.81. The van der Waals surface area contributed by atoms with Crippen LogP contribution >= 0.6 is 11.3 Å². The molecule has 3 aromatic rings. The summed E-state index contributed by atoms with van der Waals surface area (Å²) < 4.78 is 0. The molecule has 1 amide bonds. The maximum atomic E-state index is 11.4. The van der Waals surface area contributed by atoms with Crippen LogP contribution < -0.4 is 10.6 Å². The quantitative estimate of drug-likeness (QED) is 0.731. The van der Waals surface area contributed by atoms with E-state index in [0.29, 0.717) is 23.9 Å². The minimum Gasteiger partial charge on any atom is -0.346 e. The Hall–Kier alpha value is -2.87. The molecule has 0 aliphatic heterocycles. The van der Waals surface area contributed by atoms with E-state index in [4.69, 9.17) is 0 Å². The van der Waals surface area contributed by atoms with Gasteiger partial charge in [0.05, 0.1) is 29.8 Å². The molecule has 0 aliphatic carbocycles. The molecule has 8 heteroatoms. The van der Waals surface area contributed by atoms with Gasteiger partial charge in [0.2, 0.25) is 11.9 Å². The van der Waals surface area contributed by atoms with Crippen molar-refractivity contribution >= 4 is 28.9 Å². The van der Waals surface area contributed by atoms with E-state index in [1.807, 2.05) is 38.1 Å². The second-order valence-electron chi connectivity index (χ2n) is 5.49. The molecule has 2 N–H and O–H groups in total. The fraction of sp³-hybridized carbons (Fsp3) is 0.235. The predicted octanol–water partition coefficient (Wildman–Crippen LogP) is 3.18. The Morgan fingerprint density at radius 1 is 1.20 bits per heavy atom. The van der Waals surface area contributed by atoms with Crippen molar-refractivity contribution in [2.45, 2.75) is 27.3 Å². The lowest BCUT2D eigenvalue weighted by molar-refractivity contribution is -0.114. The average molecular weight is 354 g/mol. The predicted molar refractivity (Wildman–Crippen MR) is 98.5 cm³/mol. The first kappa shape index (κ1) is 17.0. The molecule has 0 aliphatic rings. The molecule has 3 rings (SSSR count). The van der Waals surface area contributed by atoms with Gasteiger partial charge in [-0.25, -0.2) is 9.97 Å². The fourth-order valence-corrected chi connectivity index (χ4v) is 3.16. The van der Waals surface area contributed by atoms with Gasteiger partial charge in [-0.05, 0) is 19.9 Å². The third kappa shape index (κ3) is 4.16. The van der Waals surface area contributed by atoms with Gasteiger partial charge in [-0.15, -0.1) is 16.4 Å². The molecular formula is C17H18N6OS. The third-order valence-electron chi connectivity index (χ3n) is 3.54. The number of para-hydroxylation sites is 1. The number of anilines is 2. The minimum atomic E-state index is -0.137. The zero-order valence-electron chi connectivity index (χ0n) is 14.2. The molecule has 0 saturated heterocycles. The fourth-order valence-electron chi connectivity index (χ4n) is 2.28. The van der Waals surface area contributed by atoms with Gasteiger partial charge >= 0.3 is 0 Å². The van der Waals surface area contributed by atoms with E-state index in [-0.39, 0.29) is 5.91 Å². The molecule has 1 aromatic carbocycles. The molecule has 7 nitrogen and oxygen atoms in total. The normalized spacial score (nSPS) is 10.5. The van der Waals surface area contributed by atoms with Crippen LogP contribution in [0, 0.1) is 13.8 Å². The van der Waals surface area contributed by atoms with E-state index in [1.165, 1.54) is 11.8 Å². The first-order valence-corrected chi connectivity index (χ1v) is 8.58. The first-order chi connectivity index (χ1) is 12.0. The summed E-state index contributed by atoms with van der Waals surface area (Å²) >= 11 is 1.65. The molecule has 0 unspecified atom stereocenters. The number of nitrogens with one attached hydrogen (secondary N) is 2. The summed E-state index contributed by atoms with van der Waals surface area (Å²) in [6.07, 6.45) is 1.57. The molecule has 0 saturated carbocycles. The van der Waals surface area contributed by atoms with Crippen LogP contribution in [0.1, 0.15) is 22.5 Å². The highest BCUT2D eigenvalue weighted by molar-refractivity contribution is 7.11. The van der Waals surface area contributed by atoms with Gasteiger partial charge in [-0.2, -0.15) is 5.10 Å². The number of thiazole rings is 1. The van der Waals surface area contributed by atoms with Crippen LogP contribution in [0.4, 0.5) is 11.6 Å². The van der Waals surface area contributed by atoms with Gasteiger partial charge < -0.3 is 10.6 Å². The van der Waals surface area contributed by atoms with Crippen molar-refractivity contribution in [3.63, 3.8) is 0 Å². The molecule has 2 aromatic heterocycles. The van der Waals surface area contributed by atoms with Gasteiger partial charge in [0.25, 0.3) is 0 Å². The number of aromatic nitrogens is 4. The van der Waals surface area contributed by atoms with Crippen molar-refractivity contribution in [1.82, 2.24) is 20.2 Å². The number of nitrogens with zero attached hydrogens (tertiary/aromatic N) is 4. The standard InChI is InChI=1S/C17H18N6OS/c1-10-11(2)25-16(20-10)9-18-17-22-15(8-19-23-17)13-6-4-5-7-14(13)21-12(3)24/h4-8H,9H2,1-3H3,(H,21,24)(H,18,22,23). The highest BCUT2D eigenvalue weighted by Gasteiger charge is 2.10. The number of carbonyl (C=O) groups is 1. The van der Waals surface area contributed by atoms with E-state index < -0.39 is 0 Å². The summed E-state index contributed by atoms with van der Waals surface area (Å²) in [6.45, 7) is 6.05. The Labute approximate surface area is 149 Å². The van der Waals surface area contributed by atoms with Gasteiger partial charge in [-0.3, -0.25) is 4.79 Å². The van der Waals surface area contributed by atoms with Crippen molar-refractivity contribution in [3.05, 3.63) is 46.0 Å². The van der Waals surface area contributed by atoms with Crippen molar-refractivity contribution in [1.29, 1.82) is 0 Å². The topological polar surface area (TPSA) is 92.7 Å². The number of rotatable bonds is 5. The number of carbonyl (C=O) groups excluding carboxylic acids is 1. The number of aryl methyl sites for hydroxylation is 2. The minimum absolute atomic E-state index is 0.137. The SMILES string of the molecule is CC(=O)Nc1ccccc1-c1cnnc(NCc2nc(C)c(C)s2)n1. The Morgan fingerprint density at radius 2 is 2.00 bits per heavy atom. The van der Waals surface area contributed by atoms with Crippen LogP contribution in [-0.4, -0.2) is 26.1 Å². The van der Waals surface area contributed by atoms with Gasteiger partial charge in [-0.1, -0.05) is 18.2 Å². The van der Waals surface area contributed by atoms with Crippen molar-refractivity contribution in [2.75, 3.05) is 10.6 Å². The van der Waals surface area contributed by atoms with Crippen LogP contribution in [0.15, 0.2) is 30.5 Å². The lowest BCUT2D eigenvalue weighted by Gasteiger charge is -2.09. The van der Waals surface area contributed by atoms with Crippen LogP contribution in [0.25, 0.3) is 11.3 Å². The van der Waals surface area contributed by atoms with Gasteiger partial charge in [0.1, 0.15) is 5.01 Å². The molecule has 0 bridgehead atoms. The first-order valence-electron chi connectivity index (χ1n) is 7.76. The number of hydrogen-bond donors (Lipinski definition) is 2. The lowest BCUT2D eigenvalue weighted by Crippen LogP contribution is -2.08. The maximum Gasteiger partial charge on any atom is 0.243 e. The molecular weight excluding hydrogens is 336 g/mol. The molecule has 0 spiro atoms. The summed E-state index contributed by atoms with van der Waals surface area (Å²) in [6, 6.07) is 7.45. The van der Waals surface area contributed by atoms with Crippen LogP contribution in [0.2, 0.25) is 0 Å². The molecule has 2 heterocycles. The summed E-state index contributed by atoms with van der Waals surface area (Å²) in [4.78, 5) is 21.6. The second kappa shape index (κ2) is 7.35. The highest BCUT2D eigenvalue weighted by Crippen LogP contribution is 2.26. The molecule has 0 fully saturated rings. The summed E-state index contributed by atoms with van der Waals surface area (Å²) in [5.41, 5.74) is 3.15. The van der Waals surface area contributed by atoms with Gasteiger partial charge in [0, 0.05) is 17.4 Å². The molecule has 25 heavy (non-hydrogen) atoms. The van der Waals surface area contributed by atoms with E-state index >= 15 is 0 Å². The summed E-state index contributed by atoms with van der Waals surface area (Å²) in [7, 11) is 0. The zero-order chi connectivity index (χ0) is 17.8. The van der Waals surface area contributed by atoms with Crippen LogP contribution in [0.5, 0.6) is 0 Å². The average Bonchev–Trinajstić information content (AvgIpc) is 2.91. The van der Waals surface area contributed by atoms with Crippen molar-refractivity contribution in [2.24, 2.45) is 0 Å². The van der Waals surface area contributed by atoms with E-state index in [0.717, 1.165) is 16.3 Å².